The van der Waals surface area contributed by atoms with Gasteiger partial charge in [-0.2, -0.15) is 0 Å². The lowest BCUT2D eigenvalue weighted by atomic mass is 10.2. The van der Waals surface area contributed by atoms with Gasteiger partial charge in [-0.1, -0.05) is 23.2 Å². The average Bonchev–Trinajstić information content (AvgIpc) is 3.22. The quantitative estimate of drug-likeness (QED) is 0.419. The van der Waals surface area contributed by atoms with Crippen LogP contribution in [0.25, 0.3) is 10.9 Å². The molecule has 0 spiro atoms. The van der Waals surface area contributed by atoms with Crippen molar-refractivity contribution in [2.75, 3.05) is 12.4 Å². The summed E-state index contributed by atoms with van der Waals surface area (Å²) in [4.78, 5) is 12.9. The van der Waals surface area contributed by atoms with E-state index in [-0.39, 0.29) is 0 Å². The van der Waals surface area contributed by atoms with Gasteiger partial charge in [0, 0.05) is 22.5 Å². The Kier molecular flexibility index (Phi) is 5.47. The van der Waals surface area contributed by atoms with Gasteiger partial charge in [0.15, 0.2) is 11.5 Å². The lowest BCUT2D eigenvalue weighted by Crippen LogP contribution is -2.00. The molecule has 0 radical (unpaired) electrons. The number of anilines is 2. The fraction of sp³-hybridized carbons (Fsp3) is 0.105. The van der Waals surface area contributed by atoms with Crippen LogP contribution in [-0.2, 0) is 6.61 Å². The van der Waals surface area contributed by atoms with Gasteiger partial charge in [-0.05, 0) is 24.3 Å². The predicted molar refractivity (Wildman–Crippen MR) is 112 cm³/mol. The summed E-state index contributed by atoms with van der Waals surface area (Å²) < 4.78 is 11.4. The number of ether oxygens (including phenoxy) is 2. The van der Waals surface area contributed by atoms with Crippen molar-refractivity contribution in [2.24, 2.45) is 0 Å². The first-order valence-electron chi connectivity index (χ1n) is 8.18. The summed E-state index contributed by atoms with van der Waals surface area (Å²) in [6.07, 6.45) is 1.48. The smallest absolute Gasteiger partial charge is 0.163 e. The molecule has 0 bridgehead atoms. The molecule has 0 saturated heterocycles. The molecule has 2 aromatic carbocycles. The van der Waals surface area contributed by atoms with E-state index in [4.69, 9.17) is 32.7 Å². The minimum atomic E-state index is 0.352. The van der Waals surface area contributed by atoms with Gasteiger partial charge in [0.25, 0.3) is 0 Å². The number of hydrogen-bond donors (Lipinski definition) is 1. The highest BCUT2D eigenvalue weighted by Crippen LogP contribution is 2.35. The number of methoxy groups -OCH3 is 1. The van der Waals surface area contributed by atoms with Gasteiger partial charge >= 0.3 is 0 Å². The van der Waals surface area contributed by atoms with Crippen molar-refractivity contribution in [3.05, 3.63) is 63.3 Å². The molecule has 1 N–H and O–H groups in total. The Balaban J connectivity index is 1.67. The molecule has 0 aliphatic heterocycles. The monoisotopic (exact) mass is 432 g/mol. The van der Waals surface area contributed by atoms with Crippen LogP contribution < -0.4 is 14.8 Å². The van der Waals surface area contributed by atoms with Crippen LogP contribution in [0.2, 0.25) is 10.0 Å². The second-order valence-corrected chi connectivity index (χ2v) is 7.30. The molecule has 28 heavy (non-hydrogen) atoms. The maximum Gasteiger partial charge on any atom is 0.163 e. The number of nitrogens with one attached hydrogen (secondary N) is 1. The highest BCUT2D eigenvalue weighted by atomic mass is 35.5. The van der Waals surface area contributed by atoms with Gasteiger partial charge in [0.1, 0.15) is 18.8 Å². The van der Waals surface area contributed by atoms with Crippen LogP contribution in [0.3, 0.4) is 0 Å². The molecule has 0 unspecified atom stereocenters. The Bertz CT molecular complexity index is 1120. The van der Waals surface area contributed by atoms with Crippen LogP contribution in [0.1, 0.15) is 5.69 Å². The molecular formula is C19H14Cl2N4O2S. The third-order valence-electron chi connectivity index (χ3n) is 3.96. The molecule has 2 aromatic heterocycles. The molecule has 0 saturated carbocycles. The lowest BCUT2D eigenvalue weighted by molar-refractivity contribution is 0.282. The fourth-order valence-electron chi connectivity index (χ4n) is 2.61. The van der Waals surface area contributed by atoms with Crippen LogP contribution in [-0.4, -0.2) is 22.1 Å². The molecule has 6 nitrogen and oxygen atoms in total. The van der Waals surface area contributed by atoms with E-state index in [9.17, 15) is 0 Å². The van der Waals surface area contributed by atoms with E-state index in [2.05, 4.69) is 20.3 Å². The second kappa shape index (κ2) is 8.18. The van der Waals surface area contributed by atoms with Crippen molar-refractivity contribution in [3.8, 4) is 11.5 Å². The molecule has 0 atom stereocenters. The van der Waals surface area contributed by atoms with E-state index in [1.165, 1.54) is 17.7 Å². The molecule has 0 fully saturated rings. The van der Waals surface area contributed by atoms with Crippen LogP contribution >= 0.6 is 34.5 Å². The van der Waals surface area contributed by atoms with Gasteiger partial charge in [-0.25, -0.2) is 15.0 Å². The van der Waals surface area contributed by atoms with E-state index in [1.807, 2.05) is 23.6 Å². The first-order chi connectivity index (χ1) is 13.6. The van der Waals surface area contributed by atoms with E-state index in [1.54, 1.807) is 24.8 Å². The number of halogens is 2. The number of nitrogens with zero attached hydrogens (tertiary/aromatic N) is 3. The van der Waals surface area contributed by atoms with E-state index in [0.717, 1.165) is 16.8 Å². The first kappa shape index (κ1) is 18.7. The van der Waals surface area contributed by atoms with Gasteiger partial charge < -0.3 is 14.8 Å². The normalized spacial score (nSPS) is 10.8. The van der Waals surface area contributed by atoms with Gasteiger partial charge in [0.05, 0.1) is 33.9 Å². The zero-order valence-electron chi connectivity index (χ0n) is 14.6. The zero-order valence-corrected chi connectivity index (χ0v) is 17.0. The molecule has 0 aliphatic rings. The number of hydrogen-bond acceptors (Lipinski definition) is 7. The number of thiazole rings is 1. The average molecular weight is 433 g/mol. The molecule has 4 aromatic rings. The standard InChI is InChI=1S/C19H14Cl2N4O2S/c1-26-17-5-13-16(6-18(17)27-7-12-8-28-10-24-12)22-9-23-19(13)25-11-2-3-14(20)15(21)4-11/h2-6,8-10H,7H2,1H3,(H,22,23,25). The Morgan fingerprint density at radius 2 is 1.93 bits per heavy atom. The predicted octanol–water partition coefficient (Wildman–Crippen LogP) is 5.72. The van der Waals surface area contributed by atoms with Crippen molar-refractivity contribution < 1.29 is 9.47 Å². The number of aromatic nitrogens is 3. The van der Waals surface area contributed by atoms with E-state index >= 15 is 0 Å². The van der Waals surface area contributed by atoms with Crippen molar-refractivity contribution >= 4 is 56.9 Å². The summed E-state index contributed by atoms with van der Waals surface area (Å²) in [7, 11) is 1.59. The SMILES string of the molecule is COc1cc2c(Nc3ccc(Cl)c(Cl)c3)ncnc2cc1OCc1cscn1. The fourth-order valence-corrected chi connectivity index (χ4v) is 3.45. The summed E-state index contributed by atoms with van der Waals surface area (Å²) >= 11 is 13.6. The van der Waals surface area contributed by atoms with Crippen molar-refractivity contribution in [1.82, 2.24) is 15.0 Å². The molecule has 142 valence electrons. The molecule has 2 heterocycles. The number of fused-ring (bicyclic) bond motifs is 1. The van der Waals surface area contributed by atoms with Gasteiger partial charge in [-0.3, -0.25) is 0 Å². The maximum absolute atomic E-state index is 6.10. The van der Waals surface area contributed by atoms with Gasteiger partial charge in [-0.15, -0.1) is 11.3 Å². The summed E-state index contributed by atoms with van der Waals surface area (Å²) in [5, 5.41) is 6.91. The Hall–Kier alpha value is -2.61. The molecular weight excluding hydrogens is 419 g/mol. The summed E-state index contributed by atoms with van der Waals surface area (Å²) in [6, 6.07) is 8.94. The third-order valence-corrected chi connectivity index (χ3v) is 5.34. The third kappa shape index (κ3) is 3.96. The van der Waals surface area contributed by atoms with Crippen LogP contribution in [0.15, 0.2) is 47.5 Å². The van der Waals surface area contributed by atoms with Crippen LogP contribution in [0, 0.1) is 0 Å². The lowest BCUT2D eigenvalue weighted by Gasteiger charge is -2.13. The molecule has 0 aliphatic carbocycles. The van der Waals surface area contributed by atoms with E-state index in [0.29, 0.717) is 39.5 Å². The number of rotatable bonds is 6. The Morgan fingerprint density at radius 1 is 1.04 bits per heavy atom. The van der Waals surface area contributed by atoms with Crippen molar-refractivity contribution in [3.63, 3.8) is 0 Å². The summed E-state index contributed by atoms with van der Waals surface area (Å²) in [6.45, 7) is 0.352. The van der Waals surface area contributed by atoms with E-state index < -0.39 is 0 Å². The second-order valence-electron chi connectivity index (χ2n) is 5.76. The topological polar surface area (TPSA) is 69.2 Å². The summed E-state index contributed by atoms with van der Waals surface area (Å²) in [5.74, 6) is 1.78. The molecule has 0 amide bonds. The zero-order chi connectivity index (χ0) is 19.5. The Morgan fingerprint density at radius 3 is 2.68 bits per heavy atom. The van der Waals surface area contributed by atoms with Crippen molar-refractivity contribution in [2.45, 2.75) is 6.61 Å². The summed E-state index contributed by atoms with van der Waals surface area (Å²) in [5.41, 5.74) is 4.10. The van der Waals surface area contributed by atoms with Crippen LogP contribution in [0.5, 0.6) is 11.5 Å². The minimum Gasteiger partial charge on any atom is -0.493 e. The van der Waals surface area contributed by atoms with Crippen molar-refractivity contribution in [1.29, 1.82) is 0 Å². The molecule has 4 rings (SSSR count). The number of benzene rings is 2. The van der Waals surface area contributed by atoms with Gasteiger partial charge in [0.2, 0.25) is 0 Å². The first-order valence-corrected chi connectivity index (χ1v) is 9.88. The minimum absolute atomic E-state index is 0.352. The molecule has 9 heteroatoms. The van der Waals surface area contributed by atoms with Crippen LogP contribution in [0.4, 0.5) is 11.5 Å². The highest BCUT2D eigenvalue weighted by molar-refractivity contribution is 7.07. The largest absolute Gasteiger partial charge is 0.493 e. The highest BCUT2D eigenvalue weighted by Gasteiger charge is 2.13. The Labute approximate surface area is 175 Å². The maximum atomic E-state index is 6.10.